The Kier molecular flexibility index (Phi) is 4.70. The van der Waals surface area contributed by atoms with Crippen LogP contribution < -0.4 is 9.47 Å². The highest BCUT2D eigenvalue weighted by molar-refractivity contribution is 5.80. The van der Waals surface area contributed by atoms with Crippen LogP contribution in [0.3, 0.4) is 0 Å². The molecule has 0 aliphatic heterocycles. The van der Waals surface area contributed by atoms with Crippen molar-refractivity contribution in [2.24, 2.45) is 11.0 Å². The van der Waals surface area contributed by atoms with Gasteiger partial charge in [0.2, 0.25) is 0 Å². The number of aromatic nitrogens is 3. The molecule has 0 aliphatic carbocycles. The predicted molar refractivity (Wildman–Crippen MR) is 76.3 cm³/mol. The van der Waals surface area contributed by atoms with Gasteiger partial charge in [-0.15, -0.1) is 10.2 Å². The Morgan fingerprint density at radius 1 is 1.25 bits per heavy atom. The van der Waals surface area contributed by atoms with E-state index in [0.29, 0.717) is 18.3 Å². The summed E-state index contributed by atoms with van der Waals surface area (Å²) in [4.78, 5) is 0. The maximum Gasteiger partial charge on any atom is 0.161 e. The van der Waals surface area contributed by atoms with Crippen LogP contribution in [0.1, 0.15) is 19.4 Å². The average molecular weight is 274 g/mol. The maximum absolute atomic E-state index is 5.70. The molecule has 1 aromatic carbocycles. The summed E-state index contributed by atoms with van der Waals surface area (Å²) < 4.78 is 12.6. The molecule has 0 spiro atoms. The second kappa shape index (κ2) is 6.70. The topological polar surface area (TPSA) is 61.5 Å². The number of rotatable bonds is 6. The van der Waals surface area contributed by atoms with Gasteiger partial charge in [-0.05, 0) is 29.7 Å². The first kappa shape index (κ1) is 14.0. The summed E-state index contributed by atoms with van der Waals surface area (Å²) >= 11 is 0. The Balaban J connectivity index is 2.12. The summed E-state index contributed by atoms with van der Waals surface area (Å²) in [7, 11) is 1.62. The van der Waals surface area contributed by atoms with Crippen LogP contribution in [0.25, 0.3) is 0 Å². The zero-order chi connectivity index (χ0) is 14.4. The Morgan fingerprint density at radius 2 is 2.00 bits per heavy atom. The van der Waals surface area contributed by atoms with E-state index in [-0.39, 0.29) is 0 Å². The van der Waals surface area contributed by atoms with E-state index in [2.05, 4.69) is 29.1 Å². The molecule has 106 valence electrons. The first-order chi connectivity index (χ1) is 9.69. The summed E-state index contributed by atoms with van der Waals surface area (Å²) in [5.74, 6) is 1.90. The van der Waals surface area contributed by atoms with Crippen molar-refractivity contribution < 1.29 is 9.47 Å². The highest BCUT2D eigenvalue weighted by Crippen LogP contribution is 2.27. The fourth-order valence-corrected chi connectivity index (χ4v) is 1.53. The molecule has 20 heavy (non-hydrogen) atoms. The number of methoxy groups -OCH3 is 1. The van der Waals surface area contributed by atoms with Crippen LogP contribution >= 0.6 is 0 Å². The van der Waals surface area contributed by atoms with Gasteiger partial charge in [0.15, 0.2) is 11.5 Å². The molecule has 0 saturated carbocycles. The number of ether oxygens (including phenoxy) is 2. The van der Waals surface area contributed by atoms with Crippen molar-refractivity contribution in [2.45, 2.75) is 13.8 Å². The van der Waals surface area contributed by atoms with Crippen molar-refractivity contribution in [2.75, 3.05) is 13.7 Å². The largest absolute Gasteiger partial charge is 0.493 e. The molecule has 0 aliphatic rings. The molecule has 0 radical (unpaired) electrons. The van der Waals surface area contributed by atoms with Crippen LogP contribution in [0.5, 0.6) is 11.5 Å². The van der Waals surface area contributed by atoms with Gasteiger partial charge in [-0.1, -0.05) is 13.8 Å². The third-order valence-corrected chi connectivity index (χ3v) is 2.51. The third kappa shape index (κ3) is 3.81. The van der Waals surface area contributed by atoms with Gasteiger partial charge in [0.25, 0.3) is 0 Å². The molecule has 0 N–H and O–H groups in total. The highest BCUT2D eigenvalue weighted by atomic mass is 16.5. The van der Waals surface area contributed by atoms with E-state index in [4.69, 9.17) is 9.47 Å². The molecule has 0 fully saturated rings. The van der Waals surface area contributed by atoms with E-state index in [1.165, 1.54) is 17.3 Å². The van der Waals surface area contributed by atoms with Crippen LogP contribution in [0.15, 0.2) is 36.0 Å². The first-order valence-corrected chi connectivity index (χ1v) is 6.39. The molecule has 0 unspecified atom stereocenters. The molecule has 0 bridgehead atoms. The smallest absolute Gasteiger partial charge is 0.161 e. The summed E-state index contributed by atoms with van der Waals surface area (Å²) in [5, 5.41) is 11.5. The summed E-state index contributed by atoms with van der Waals surface area (Å²) in [6.45, 7) is 4.86. The van der Waals surface area contributed by atoms with Crippen molar-refractivity contribution in [3.8, 4) is 11.5 Å². The Morgan fingerprint density at radius 3 is 2.65 bits per heavy atom. The highest BCUT2D eigenvalue weighted by Gasteiger charge is 2.06. The molecular weight excluding hydrogens is 256 g/mol. The van der Waals surface area contributed by atoms with Crippen LogP contribution in [0.2, 0.25) is 0 Å². The van der Waals surface area contributed by atoms with Crippen molar-refractivity contribution in [1.82, 2.24) is 14.9 Å². The monoisotopic (exact) mass is 274 g/mol. The lowest BCUT2D eigenvalue weighted by Gasteiger charge is -2.12. The van der Waals surface area contributed by atoms with E-state index in [9.17, 15) is 0 Å². The minimum Gasteiger partial charge on any atom is -0.493 e. The van der Waals surface area contributed by atoms with E-state index >= 15 is 0 Å². The van der Waals surface area contributed by atoms with Gasteiger partial charge in [-0.3, -0.25) is 0 Å². The quantitative estimate of drug-likeness (QED) is 0.758. The van der Waals surface area contributed by atoms with Gasteiger partial charge in [-0.25, -0.2) is 4.68 Å². The fourth-order valence-electron chi connectivity index (χ4n) is 1.53. The number of benzene rings is 1. The van der Waals surface area contributed by atoms with Crippen LogP contribution in [-0.4, -0.2) is 34.8 Å². The number of hydrogen-bond acceptors (Lipinski definition) is 5. The predicted octanol–water partition coefficient (Wildman–Crippen LogP) is 2.20. The van der Waals surface area contributed by atoms with Gasteiger partial charge >= 0.3 is 0 Å². The Labute approximate surface area is 118 Å². The maximum atomic E-state index is 5.70. The van der Waals surface area contributed by atoms with Crippen LogP contribution in [-0.2, 0) is 0 Å². The molecule has 2 rings (SSSR count). The number of nitrogens with zero attached hydrogens (tertiary/aromatic N) is 4. The standard InChI is InChI=1S/C14H18N4O2/c1-11(2)8-20-13-5-4-12(6-14(13)19-3)7-17-18-9-15-16-10-18/h4-7,9-11H,8H2,1-3H3. The van der Waals surface area contributed by atoms with Crippen LogP contribution in [0.4, 0.5) is 0 Å². The molecule has 1 aromatic heterocycles. The molecular formula is C14H18N4O2. The molecule has 0 atom stereocenters. The lowest BCUT2D eigenvalue weighted by atomic mass is 10.2. The minimum absolute atomic E-state index is 0.467. The van der Waals surface area contributed by atoms with E-state index in [1.807, 2.05) is 18.2 Å². The average Bonchev–Trinajstić information content (AvgIpc) is 2.96. The van der Waals surface area contributed by atoms with Crippen LogP contribution in [0, 0.1) is 5.92 Å². The van der Waals surface area contributed by atoms with Crippen molar-refractivity contribution in [3.05, 3.63) is 36.4 Å². The molecule has 0 amide bonds. The van der Waals surface area contributed by atoms with E-state index < -0.39 is 0 Å². The van der Waals surface area contributed by atoms with Crippen molar-refractivity contribution in [1.29, 1.82) is 0 Å². The summed E-state index contributed by atoms with van der Waals surface area (Å²) in [6, 6.07) is 5.68. The second-order valence-electron chi connectivity index (χ2n) is 4.70. The molecule has 1 heterocycles. The minimum atomic E-state index is 0.467. The van der Waals surface area contributed by atoms with E-state index in [1.54, 1.807) is 13.3 Å². The Hall–Kier alpha value is -2.37. The SMILES string of the molecule is COc1cc(C=Nn2cnnc2)ccc1OCC(C)C. The van der Waals surface area contributed by atoms with Crippen molar-refractivity contribution in [3.63, 3.8) is 0 Å². The molecule has 6 nitrogen and oxygen atoms in total. The molecule has 0 saturated heterocycles. The summed E-state index contributed by atoms with van der Waals surface area (Å²) in [5.41, 5.74) is 0.910. The van der Waals surface area contributed by atoms with Gasteiger partial charge in [0.05, 0.1) is 19.9 Å². The third-order valence-electron chi connectivity index (χ3n) is 2.51. The second-order valence-corrected chi connectivity index (χ2v) is 4.70. The zero-order valence-electron chi connectivity index (χ0n) is 11.9. The molecule has 6 heteroatoms. The van der Waals surface area contributed by atoms with Crippen molar-refractivity contribution >= 4 is 6.21 Å². The van der Waals surface area contributed by atoms with Gasteiger partial charge in [0.1, 0.15) is 12.7 Å². The fraction of sp³-hybridized carbons (Fsp3) is 0.357. The van der Waals surface area contributed by atoms with Gasteiger partial charge < -0.3 is 9.47 Å². The zero-order valence-corrected chi connectivity index (χ0v) is 11.9. The normalized spacial score (nSPS) is 11.2. The lowest BCUT2D eigenvalue weighted by molar-refractivity contribution is 0.257. The summed E-state index contributed by atoms with van der Waals surface area (Å²) in [6.07, 6.45) is 4.75. The molecule has 2 aromatic rings. The first-order valence-electron chi connectivity index (χ1n) is 6.39. The lowest BCUT2D eigenvalue weighted by Crippen LogP contribution is -2.05. The Bertz CT molecular complexity index is 565. The van der Waals surface area contributed by atoms with Gasteiger partial charge in [0, 0.05) is 0 Å². The number of hydrogen-bond donors (Lipinski definition) is 0. The van der Waals surface area contributed by atoms with E-state index in [0.717, 1.165) is 11.3 Å². The van der Waals surface area contributed by atoms with Gasteiger partial charge in [-0.2, -0.15) is 5.10 Å².